The molecule has 24 heavy (non-hydrogen) atoms. The maximum absolute atomic E-state index is 12.3. The zero-order valence-electron chi connectivity index (χ0n) is 12.8. The molecule has 0 fully saturated rings. The Labute approximate surface area is 153 Å². The topological polar surface area (TPSA) is 44.1 Å². The van der Waals surface area contributed by atoms with Crippen LogP contribution in [0.3, 0.4) is 0 Å². The predicted molar refractivity (Wildman–Crippen MR) is 100 cm³/mol. The van der Waals surface area contributed by atoms with E-state index in [1.165, 1.54) is 23.1 Å². The van der Waals surface area contributed by atoms with Crippen LogP contribution in [-0.2, 0) is 0 Å². The lowest BCUT2D eigenvalue weighted by Crippen LogP contribution is -2.02. The van der Waals surface area contributed by atoms with Gasteiger partial charge in [0.15, 0.2) is 14.1 Å². The van der Waals surface area contributed by atoms with E-state index in [0.29, 0.717) is 21.0 Å². The van der Waals surface area contributed by atoms with E-state index in [-0.39, 0.29) is 5.78 Å². The molecule has 0 aliphatic rings. The third-order valence-electron chi connectivity index (χ3n) is 3.25. The van der Waals surface area contributed by atoms with Gasteiger partial charge in [0.2, 0.25) is 0 Å². The second-order valence-corrected chi connectivity index (χ2v) is 7.67. The van der Waals surface area contributed by atoms with E-state index in [1.54, 1.807) is 23.9 Å². The molecule has 7 heteroatoms. The molecule has 3 aromatic rings. The van der Waals surface area contributed by atoms with Crippen molar-refractivity contribution in [2.24, 2.45) is 0 Å². The molecule has 0 amide bonds. The Hall–Kier alpha value is -1.96. The fourth-order valence-corrected chi connectivity index (χ4v) is 4.31. The summed E-state index contributed by atoms with van der Waals surface area (Å²) in [6.07, 6.45) is 0. The summed E-state index contributed by atoms with van der Waals surface area (Å²) >= 11 is 8.17. The molecule has 0 radical (unpaired) electrons. The molecule has 0 spiro atoms. The summed E-state index contributed by atoms with van der Waals surface area (Å²) in [4.78, 5) is 12.3. The number of para-hydroxylation sites is 1. The Morgan fingerprint density at radius 2 is 2.04 bits per heavy atom. The number of ketones is 1. The Balaban J connectivity index is 1.71. The molecule has 0 aliphatic carbocycles. The molecule has 0 saturated heterocycles. The van der Waals surface area contributed by atoms with Crippen LogP contribution in [-0.4, -0.2) is 28.4 Å². The van der Waals surface area contributed by atoms with Crippen molar-refractivity contribution >= 4 is 41.1 Å². The molecule has 4 nitrogen and oxygen atoms in total. The van der Waals surface area contributed by atoms with Gasteiger partial charge in [-0.1, -0.05) is 53.4 Å². The van der Waals surface area contributed by atoms with E-state index < -0.39 is 0 Å². The number of carbonyl (C=O) groups excluding carboxylic acids is 1. The number of methoxy groups -OCH3 is 1. The number of ether oxygens (including phenoxy) is 1. The highest BCUT2D eigenvalue weighted by Gasteiger charge is 2.11. The molecule has 1 aromatic heterocycles. The largest absolute Gasteiger partial charge is 0.497 e. The van der Waals surface area contributed by atoms with Gasteiger partial charge in [0.1, 0.15) is 5.75 Å². The predicted octanol–water partition coefficient (Wildman–Crippen LogP) is 4.65. The molecule has 0 unspecified atom stereocenters. The second kappa shape index (κ2) is 7.74. The molecular weight excluding hydrogens is 360 g/mol. The number of Topliss-reactive ketones (excluding diaryl/α,β-unsaturated/α-hetero) is 1. The molecule has 1 heterocycles. The lowest BCUT2D eigenvalue weighted by Gasteiger charge is -2.03. The van der Waals surface area contributed by atoms with Gasteiger partial charge < -0.3 is 4.74 Å². The standard InChI is InChI=1S/C17H14N2O2S3/c1-21-14-9-5-6-12(10-14)15(20)11-23-16-18-19(17(22)24-16)13-7-3-2-4-8-13/h2-10H,11H2,1H3. The minimum Gasteiger partial charge on any atom is -0.497 e. The van der Waals surface area contributed by atoms with Crippen LogP contribution in [0.4, 0.5) is 0 Å². The molecular formula is C17H14N2O2S3. The van der Waals surface area contributed by atoms with Crippen LogP contribution in [0, 0.1) is 3.95 Å². The summed E-state index contributed by atoms with van der Waals surface area (Å²) in [5.74, 6) is 1.02. The molecule has 0 saturated carbocycles. The fraction of sp³-hybridized carbons (Fsp3) is 0.118. The number of rotatable bonds is 6. The monoisotopic (exact) mass is 374 g/mol. The Morgan fingerprint density at radius 3 is 2.79 bits per heavy atom. The fourth-order valence-electron chi connectivity index (χ4n) is 2.06. The Kier molecular flexibility index (Phi) is 5.44. The molecule has 0 bridgehead atoms. The van der Waals surface area contributed by atoms with E-state index in [2.05, 4.69) is 5.10 Å². The minimum absolute atomic E-state index is 0.0336. The van der Waals surface area contributed by atoms with Crippen LogP contribution >= 0.6 is 35.3 Å². The highest BCUT2D eigenvalue weighted by molar-refractivity contribution is 8.01. The van der Waals surface area contributed by atoms with Crippen molar-refractivity contribution in [2.75, 3.05) is 12.9 Å². The van der Waals surface area contributed by atoms with Gasteiger partial charge in [-0.3, -0.25) is 4.79 Å². The number of carbonyl (C=O) groups is 1. The van der Waals surface area contributed by atoms with E-state index in [4.69, 9.17) is 17.0 Å². The first kappa shape index (κ1) is 16.9. The summed E-state index contributed by atoms with van der Waals surface area (Å²) in [5.41, 5.74) is 1.55. The molecule has 0 aliphatic heterocycles. The van der Waals surface area contributed by atoms with Crippen LogP contribution < -0.4 is 4.74 Å². The van der Waals surface area contributed by atoms with E-state index in [0.717, 1.165) is 10.0 Å². The molecule has 0 atom stereocenters. The first-order valence-electron chi connectivity index (χ1n) is 7.13. The van der Waals surface area contributed by atoms with Crippen LogP contribution in [0.15, 0.2) is 58.9 Å². The lowest BCUT2D eigenvalue weighted by molar-refractivity contribution is 0.102. The van der Waals surface area contributed by atoms with Crippen molar-refractivity contribution in [1.29, 1.82) is 0 Å². The zero-order chi connectivity index (χ0) is 16.9. The molecule has 122 valence electrons. The van der Waals surface area contributed by atoms with Crippen LogP contribution in [0.2, 0.25) is 0 Å². The van der Waals surface area contributed by atoms with Gasteiger partial charge in [-0.15, -0.1) is 5.10 Å². The van der Waals surface area contributed by atoms with E-state index in [1.807, 2.05) is 42.5 Å². The number of thioether (sulfide) groups is 1. The maximum Gasteiger partial charge on any atom is 0.184 e. The smallest absolute Gasteiger partial charge is 0.184 e. The van der Waals surface area contributed by atoms with Gasteiger partial charge in [0.25, 0.3) is 0 Å². The number of nitrogens with zero attached hydrogens (tertiary/aromatic N) is 2. The van der Waals surface area contributed by atoms with Gasteiger partial charge in [0, 0.05) is 5.56 Å². The van der Waals surface area contributed by atoms with Crippen LogP contribution in [0.25, 0.3) is 5.69 Å². The lowest BCUT2D eigenvalue weighted by atomic mass is 10.1. The van der Waals surface area contributed by atoms with Crippen LogP contribution in [0.1, 0.15) is 10.4 Å². The average molecular weight is 375 g/mol. The first-order chi connectivity index (χ1) is 11.7. The Morgan fingerprint density at radius 1 is 1.25 bits per heavy atom. The highest BCUT2D eigenvalue weighted by Crippen LogP contribution is 2.25. The number of hydrogen-bond donors (Lipinski definition) is 0. The van der Waals surface area contributed by atoms with Gasteiger partial charge in [-0.2, -0.15) is 0 Å². The second-order valence-electron chi connectivity index (χ2n) is 4.83. The van der Waals surface area contributed by atoms with E-state index >= 15 is 0 Å². The van der Waals surface area contributed by atoms with Crippen molar-refractivity contribution in [2.45, 2.75) is 4.34 Å². The third kappa shape index (κ3) is 3.92. The summed E-state index contributed by atoms with van der Waals surface area (Å²) in [6.45, 7) is 0. The van der Waals surface area contributed by atoms with Crippen molar-refractivity contribution < 1.29 is 9.53 Å². The van der Waals surface area contributed by atoms with Gasteiger partial charge in [0.05, 0.1) is 18.6 Å². The van der Waals surface area contributed by atoms with Crippen molar-refractivity contribution in [1.82, 2.24) is 9.78 Å². The van der Waals surface area contributed by atoms with Crippen LogP contribution in [0.5, 0.6) is 5.75 Å². The average Bonchev–Trinajstić information content (AvgIpc) is 3.01. The van der Waals surface area contributed by atoms with Gasteiger partial charge in [-0.25, -0.2) is 4.68 Å². The van der Waals surface area contributed by atoms with Crippen molar-refractivity contribution in [3.05, 3.63) is 64.1 Å². The van der Waals surface area contributed by atoms with E-state index in [9.17, 15) is 4.79 Å². The summed E-state index contributed by atoms with van der Waals surface area (Å²) in [6, 6.07) is 16.9. The molecule has 2 aromatic carbocycles. The maximum atomic E-state index is 12.3. The van der Waals surface area contributed by atoms with Gasteiger partial charge >= 0.3 is 0 Å². The zero-order valence-corrected chi connectivity index (χ0v) is 15.3. The highest BCUT2D eigenvalue weighted by atomic mass is 32.2. The minimum atomic E-state index is 0.0336. The summed E-state index contributed by atoms with van der Waals surface area (Å²) < 4.78 is 8.31. The SMILES string of the molecule is COc1cccc(C(=O)CSc2nn(-c3ccccc3)c(=S)s2)c1. The number of aromatic nitrogens is 2. The van der Waals surface area contributed by atoms with Crippen molar-refractivity contribution in [3.63, 3.8) is 0 Å². The third-order valence-corrected chi connectivity index (χ3v) is 5.61. The number of benzene rings is 2. The Bertz CT molecular complexity index is 903. The van der Waals surface area contributed by atoms with Crippen molar-refractivity contribution in [3.8, 4) is 11.4 Å². The molecule has 0 N–H and O–H groups in total. The normalized spacial score (nSPS) is 10.5. The quantitative estimate of drug-likeness (QED) is 0.357. The molecule has 3 rings (SSSR count). The first-order valence-corrected chi connectivity index (χ1v) is 9.34. The summed E-state index contributed by atoms with van der Waals surface area (Å²) in [7, 11) is 1.58. The van der Waals surface area contributed by atoms with Gasteiger partial charge in [-0.05, 0) is 36.5 Å². The number of hydrogen-bond acceptors (Lipinski definition) is 6. The summed E-state index contributed by atoms with van der Waals surface area (Å²) in [5, 5.41) is 4.50.